The Hall–Kier alpha value is -0.960. The lowest BCUT2D eigenvalue weighted by Gasteiger charge is -2.01. The van der Waals surface area contributed by atoms with Gasteiger partial charge in [-0.15, -0.1) is 0 Å². The van der Waals surface area contributed by atoms with Crippen molar-refractivity contribution in [2.45, 2.75) is 6.42 Å². The molecule has 0 spiro atoms. The smallest absolute Gasteiger partial charge is 0.311 e. The van der Waals surface area contributed by atoms with Crippen LogP contribution < -0.4 is 5.32 Å². The summed E-state index contributed by atoms with van der Waals surface area (Å²) in [6, 6.07) is 10.2. The molecule has 0 aromatic heterocycles. The maximum atomic E-state index is 11.2. The third kappa shape index (κ3) is 3.83. The summed E-state index contributed by atoms with van der Waals surface area (Å²) in [4.78, 5) is 11.2. The van der Waals surface area contributed by atoms with E-state index in [9.17, 15) is 4.79 Å². The summed E-state index contributed by atoms with van der Waals surface area (Å²) in [5.41, 5.74) is 1.26. The fourth-order valence-electron chi connectivity index (χ4n) is 1.10. The van der Waals surface area contributed by atoms with Gasteiger partial charge in [-0.05, 0) is 12.0 Å². The summed E-state index contributed by atoms with van der Waals surface area (Å²) < 4.78 is 0. The maximum Gasteiger partial charge on any atom is 0.428 e. The summed E-state index contributed by atoms with van der Waals surface area (Å²) in [5.74, 6) is 0. The highest BCUT2D eigenvalue weighted by Gasteiger charge is 2.14. The Bertz CT molecular complexity index is 285. The minimum absolute atomic E-state index is 0.154. The number of hydrogen-bond donors (Lipinski definition) is 1. The maximum absolute atomic E-state index is 11.2. The van der Waals surface area contributed by atoms with Gasteiger partial charge in [0.25, 0.3) is 0 Å². The SMILES string of the molecule is C[S+](C)C(=O)NCCc1ccccc1. The number of benzene rings is 1. The molecular formula is C11H16NOS+. The summed E-state index contributed by atoms with van der Waals surface area (Å²) >= 11 is 0. The second-order valence-corrected chi connectivity index (χ2v) is 5.27. The minimum Gasteiger partial charge on any atom is -0.311 e. The van der Waals surface area contributed by atoms with Crippen molar-refractivity contribution < 1.29 is 4.79 Å². The van der Waals surface area contributed by atoms with Gasteiger partial charge in [0.15, 0.2) is 0 Å². The van der Waals surface area contributed by atoms with Gasteiger partial charge in [0.2, 0.25) is 0 Å². The lowest BCUT2D eigenvalue weighted by molar-refractivity contribution is 0.260. The molecule has 0 aliphatic rings. The van der Waals surface area contributed by atoms with Crippen LogP contribution in [-0.2, 0) is 17.3 Å². The Labute approximate surface area is 88.1 Å². The molecule has 0 saturated carbocycles. The molecule has 1 aromatic carbocycles. The van der Waals surface area contributed by atoms with E-state index >= 15 is 0 Å². The van der Waals surface area contributed by atoms with Crippen molar-refractivity contribution in [3.05, 3.63) is 35.9 Å². The van der Waals surface area contributed by atoms with Gasteiger partial charge < -0.3 is 5.32 Å². The van der Waals surface area contributed by atoms with Crippen LogP contribution in [0.15, 0.2) is 30.3 Å². The van der Waals surface area contributed by atoms with Gasteiger partial charge in [0.1, 0.15) is 12.5 Å². The van der Waals surface area contributed by atoms with E-state index in [2.05, 4.69) is 17.4 Å². The van der Waals surface area contributed by atoms with Crippen LogP contribution in [0.4, 0.5) is 4.79 Å². The third-order valence-corrected chi connectivity index (χ3v) is 2.78. The Balaban J connectivity index is 2.26. The van der Waals surface area contributed by atoms with E-state index in [1.54, 1.807) is 0 Å². The predicted molar refractivity (Wildman–Crippen MR) is 62.8 cm³/mol. The molecule has 1 aromatic rings. The summed E-state index contributed by atoms with van der Waals surface area (Å²) in [6.07, 6.45) is 4.76. The lowest BCUT2D eigenvalue weighted by Crippen LogP contribution is -2.29. The average Bonchev–Trinajstić information content (AvgIpc) is 2.19. The summed E-state index contributed by atoms with van der Waals surface area (Å²) in [5, 5.41) is 3.06. The number of amides is 1. The lowest BCUT2D eigenvalue weighted by atomic mass is 10.2. The standard InChI is InChI=1S/C11H15NOS/c1-14(2)11(13)12-9-8-10-6-4-3-5-7-10/h3-7H,8-9H2,1-2H3/p+1. The quantitative estimate of drug-likeness (QED) is 0.758. The number of rotatable bonds is 3. The zero-order valence-electron chi connectivity index (χ0n) is 8.62. The Morgan fingerprint density at radius 1 is 1.29 bits per heavy atom. The Morgan fingerprint density at radius 3 is 2.50 bits per heavy atom. The predicted octanol–water partition coefficient (Wildman–Crippen LogP) is 1.82. The second kappa shape index (κ2) is 5.70. The molecule has 76 valence electrons. The number of hydrogen-bond acceptors (Lipinski definition) is 1. The highest BCUT2D eigenvalue weighted by atomic mass is 32.2. The van der Waals surface area contributed by atoms with Crippen LogP contribution in [0.25, 0.3) is 0 Å². The first-order chi connectivity index (χ1) is 6.70. The van der Waals surface area contributed by atoms with Crippen LogP contribution >= 0.6 is 0 Å². The van der Waals surface area contributed by atoms with E-state index in [1.165, 1.54) is 5.56 Å². The largest absolute Gasteiger partial charge is 0.428 e. The normalized spacial score (nSPS) is 10.2. The van der Waals surface area contributed by atoms with E-state index in [-0.39, 0.29) is 16.1 Å². The molecule has 0 atom stereocenters. The van der Waals surface area contributed by atoms with Gasteiger partial charge in [-0.3, -0.25) is 0 Å². The fourth-order valence-corrected chi connectivity index (χ4v) is 1.49. The number of nitrogens with one attached hydrogen (secondary N) is 1. The zero-order chi connectivity index (χ0) is 10.4. The van der Waals surface area contributed by atoms with E-state index in [4.69, 9.17) is 0 Å². The van der Waals surface area contributed by atoms with Gasteiger partial charge in [0, 0.05) is 6.54 Å². The van der Waals surface area contributed by atoms with E-state index < -0.39 is 0 Å². The number of carbonyl (C=O) groups excluding carboxylic acids is 1. The highest BCUT2D eigenvalue weighted by Crippen LogP contribution is 1.98. The van der Waals surface area contributed by atoms with Crippen LogP contribution in [0.3, 0.4) is 0 Å². The van der Waals surface area contributed by atoms with Gasteiger partial charge in [-0.25, -0.2) is 4.79 Å². The van der Waals surface area contributed by atoms with Crippen LogP contribution in [0, 0.1) is 0 Å². The molecule has 0 saturated heterocycles. The molecule has 2 nitrogen and oxygen atoms in total. The molecule has 1 amide bonds. The Morgan fingerprint density at radius 2 is 1.93 bits per heavy atom. The molecule has 0 bridgehead atoms. The Kier molecular flexibility index (Phi) is 4.53. The van der Waals surface area contributed by atoms with Crippen molar-refractivity contribution in [1.29, 1.82) is 0 Å². The first-order valence-electron chi connectivity index (χ1n) is 4.59. The summed E-state index contributed by atoms with van der Waals surface area (Å²) in [7, 11) is -0.168. The highest BCUT2D eigenvalue weighted by molar-refractivity contribution is 8.09. The monoisotopic (exact) mass is 210 g/mol. The van der Waals surface area contributed by atoms with Crippen LogP contribution in [0.2, 0.25) is 0 Å². The molecule has 0 aliphatic carbocycles. The van der Waals surface area contributed by atoms with E-state index in [1.807, 2.05) is 30.7 Å². The molecule has 1 N–H and O–H groups in total. The molecule has 0 fully saturated rings. The number of carbonyl (C=O) groups is 1. The van der Waals surface area contributed by atoms with Crippen LogP contribution in [0.1, 0.15) is 5.56 Å². The third-order valence-electron chi connectivity index (χ3n) is 1.90. The van der Waals surface area contributed by atoms with Crippen molar-refractivity contribution in [3.63, 3.8) is 0 Å². The van der Waals surface area contributed by atoms with Crippen molar-refractivity contribution in [2.75, 3.05) is 19.1 Å². The van der Waals surface area contributed by atoms with E-state index in [0.717, 1.165) is 13.0 Å². The summed E-state index contributed by atoms with van der Waals surface area (Å²) in [6.45, 7) is 0.730. The molecular weight excluding hydrogens is 194 g/mol. The van der Waals surface area contributed by atoms with Crippen molar-refractivity contribution in [1.82, 2.24) is 5.32 Å². The molecule has 0 aliphatic heterocycles. The molecule has 0 heterocycles. The minimum atomic E-state index is -0.168. The molecule has 1 rings (SSSR count). The van der Waals surface area contributed by atoms with E-state index in [0.29, 0.717) is 0 Å². The van der Waals surface area contributed by atoms with Crippen molar-refractivity contribution in [2.24, 2.45) is 0 Å². The van der Waals surface area contributed by atoms with Crippen molar-refractivity contribution in [3.8, 4) is 0 Å². The average molecular weight is 210 g/mol. The van der Waals surface area contributed by atoms with Crippen LogP contribution in [0.5, 0.6) is 0 Å². The molecule has 0 unspecified atom stereocenters. The fraction of sp³-hybridized carbons (Fsp3) is 0.364. The first-order valence-corrected chi connectivity index (χ1v) is 6.63. The molecule has 0 radical (unpaired) electrons. The van der Waals surface area contributed by atoms with Crippen LogP contribution in [-0.4, -0.2) is 24.3 Å². The topological polar surface area (TPSA) is 29.1 Å². The molecule has 3 heteroatoms. The van der Waals surface area contributed by atoms with Crippen molar-refractivity contribution >= 4 is 16.1 Å². The van der Waals surface area contributed by atoms with Gasteiger partial charge in [0.05, 0.1) is 10.9 Å². The molecule has 14 heavy (non-hydrogen) atoms. The van der Waals surface area contributed by atoms with Gasteiger partial charge in [-0.2, -0.15) is 0 Å². The van der Waals surface area contributed by atoms with Gasteiger partial charge >= 0.3 is 5.24 Å². The van der Waals surface area contributed by atoms with Gasteiger partial charge in [-0.1, -0.05) is 30.3 Å². The second-order valence-electron chi connectivity index (χ2n) is 3.27. The zero-order valence-corrected chi connectivity index (χ0v) is 9.43. The first kappa shape index (κ1) is 11.1.